The van der Waals surface area contributed by atoms with Crippen LogP contribution in [0.25, 0.3) is 16.9 Å². The monoisotopic (exact) mass is 415 g/mol. The van der Waals surface area contributed by atoms with Crippen molar-refractivity contribution in [3.8, 4) is 11.3 Å². The van der Waals surface area contributed by atoms with E-state index in [2.05, 4.69) is 26.9 Å². The van der Waals surface area contributed by atoms with Crippen molar-refractivity contribution in [3.63, 3.8) is 0 Å². The van der Waals surface area contributed by atoms with Crippen LogP contribution in [0.4, 0.5) is 5.82 Å². The summed E-state index contributed by atoms with van der Waals surface area (Å²) < 4.78 is 1.99. The van der Waals surface area contributed by atoms with Gasteiger partial charge < -0.3 is 10.6 Å². The molecule has 0 radical (unpaired) electrons. The number of nitrogens with one attached hydrogen (secondary N) is 2. The lowest BCUT2D eigenvalue weighted by atomic mass is 10.1. The summed E-state index contributed by atoms with van der Waals surface area (Å²) in [4.78, 5) is 21.2. The lowest BCUT2D eigenvalue weighted by molar-refractivity contribution is 0.0951. The average molecular weight is 416 g/mol. The highest BCUT2D eigenvalue weighted by atomic mass is 35.5. The van der Waals surface area contributed by atoms with Crippen molar-refractivity contribution in [2.75, 3.05) is 23.9 Å². The van der Waals surface area contributed by atoms with Gasteiger partial charge in [-0.05, 0) is 43.4 Å². The van der Waals surface area contributed by atoms with Gasteiger partial charge in [0.05, 0.1) is 22.5 Å². The lowest BCUT2D eigenvalue weighted by Crippen LogP contribution is -2.25. The van der Waals surface area contributed by atoms with Gasteiger partial charge in [-0.15, -0.1) is 0 Å². The lowest BCUT2D eigenvalue weighted by Gasteiger charge is -2.09. The first-order valence-electron chi connectivity index (χ1n) is 9.33. The molecule has 2 heterocycles. The summed E-state index contributed by atoms with van der Waals surface area (Å²) in [7, 11) is 0. The third-order valence-corrected chi connectivity index (χ3v) is 5.68. The number of amides is 1. The second-order valence-electron chi connectivity index (χ2n) is 6.83. The number of fused-ring (bicyclic) bond motifs is 1. The number of thioether (sulfide) groups is 1. The normalized spacial score (nSPS) is 13.6. The summed E-state index contributed by atoms with van der Waals surface area (Å²) in [5.74, 6) is 1.76. The molecular formula is C20H22ClN5OS. The molecule has 0 bridgehead atoms. The van der Waals surface area contributed by atoms with Gasteiger partial charge >= 0.3 is 0 Å². The number of carbonyl (C=O) groups excluding carboxylic acids is 1. The molecule has 1 aliphatic carbocycles. The summed E-state index contributed by atoms with van der Waals surface area (Å²) >= 11 is 8.24. The molecule has 1 aromatic carbocycles. The summed E-state index contributed by atoms with van der Waals surface area (Å²) in [6.07, 6.45) is 10.7. The Morgan fingerprint density at radius 1 is 1.36 bits per heavy atom. The molecule has 2 aromatic heterocycles. The Kier molecular flexibility index (Phi) is 5.73. The van der Waals surface area contributed by atoms with Crippen LogP contribution < -0.4 is 10.6 Å². The number of carbonyl (C=O) groups is 1. The Labute approximate surface area is 173 Å². The van der Waals surface area contributed by atoms with Crippen molar-refractivity contribution in [1.29, 1.82) is 0 Å². The van der Waals surface area contributed by atoms with Crippen molar-refractivity contribution in [1.82, 2.24) is 19.7 Å². The second kappa shape index (κ2) is 8.41. The molecule has 146 valence electrons. The predicted octanol–water partition coefficient (Wildman–Crippen LogP) is 4.11. The number of benzene rings is 1. The van der Waals surface area contributed by atoms with Crippen LogP contribution in [0.5, 0.6) is 0 Å². The van der Waals surface area contributed by atoms with Crippen LogP contribution in [-0.2, 0) is 0 Å². The molecule has 1 aliphatic rings. The first-order chi connectivity index (χ1) is 13.7. The molecular weight excluding hydrogens is 394 g/mol. The molecule has 4 rings (SSSR count). The van der Waals surface area contributed by atoms with Gasteiger partial charge in [-0.25, -0.2) is 9.97 Å². The zero-order valence-electron chi connectivity index (χ0n) is 15.6. The first kappa shape index (κ1) is 19.1. The number of aromatic nitrogens is 3. The standard InChI is InChI=1S/C20H22ClN5OS/c1-28-10-2-7-22-18-19-24-12-17(26(19)9-8-23-18)13-3-6-15(16(21)11-13)20(27)25-14-4-5-14/h3,6,8-9,11-12,14H,2,4-5,7,10H2,1H3,(H,22,23)(H,25,27). The van der Waals surface area contributed by atoms with E-state index in [0.29, 0.717) is 16.6 Å². The number of halogens is 1. The molecule has 8 heteroatoms. The molecule has 0 spiro atoms. The van der Waals surface area contributed by atoms with E-state index >= 15 is 0 Å². The topological polar surface area (TPSA) is 71.3 Å². The van der Waals surface area contributed by atoms with Crippen LogP contribution in [0.3, 0.4) is 0 Å². The minimum atomic E-state index is -0.113. The van der Waals surface area contributed by atoms with Crippen LogP contribution in [-0.4, -0.2) is 44.9 Å². The van der Waals surface area contributed by atoms with Gasteiger partial charge in [0.25, 0.3) is 5.91 Å². The van der Waals surface area contributed by atoms with E-state index in [9.17, 15) is 4.79 Å². The molecule has 0 atom stereocenters. The van der Waals surface area contributed by atoms with E-state index < -0.39 is 0 Å². The first-order valence-corrected chi connectivity index (χ1v) is 11.1. The zero-order chi connectivity index (χ0) is 19.5. The van der Waals surface area contributed by atoms with Crippen molar-refractivity contribution in [3.05, 3.63) is 47.4 Å². The molecule has 3 aromatic rings. The molecule has 6 nitrogen and oxygen atoms in total. The summed E-state index contributed by atoms with van der Waals surface area (Å²) in [5, 5.41) is 6.77. The highest BCUT2D eigenvalue weighted by Gasteiger charge is 2.24. The maximum absolute atomic E-state index is 12.3. The van der Waals surface area contributed by atoms with Gasteiger partial charge in [0.1, 0.15) is 0 Å². The predicted molar refractivity (Wildman–Crippen MR) is 115 cm³/mol. The summed E-state index contributed by atoms with van der Waals surface area (Å²) in [5.41, 5.74) is 3.08. The zero-order valence-corrected chi connectivity index (χ0v) is 17.2. The average Bonchev–Trinajstić information content (AvgIpc) is 3.39. The van der Waals surface area contributed by atoms with E-state index in [1.165, 1.54) is 0 Å². The van der Waals surface area contributed by atoms with Crippen LogP contribution in [0.1, 0.15) is 29.6 Å². The molecule has 28 heavy (non-hydrogen) atoms. The van der Waals surface area contributed by atoms with Crippen LogP contribution >= 0.6 is 23.4 Å². The SMILES string of the molecule is CSCCCNc1nccn2c(-c3ccc(C(=O)NC4CC4)c(Cl)c3)cnc12. The number of nitrogens with zero attached hydrogens (tertiary/aromatic N) is 3. The Morgan fingerprint density at radius 3 is 2.96 bits per heavy atom. The largest absolute Gasteiger partial charge is 0.367 e. The molecule has 0 aliphatic heterocycles. The number of anilines is 1. The van der Waals surface area contributed by atoms with Gasteiger partial charge in [-0.3, -0.25) is 9.20 Å². The Bertz CT molecular complexity index is 1000. The highest BCUT2D eigenvalue weighted by molar-refractivity contribution is 7.98. The van der Waals surface area contributed by atoms with E-state index in [-0.39, 0.29) is 5.91 Å². The van der Waals surface area contributed by atoms with Gasteiger partial charge in [-0.1, -0.05) is 17.7 Å². The molecule has 1 saturated carbocycles. The van der Waals surface area contributed by atoms with E-state index in [0.717, 1.165) is 54.3 Å². The van der Waals surface area contributed by atoms with E-state index in [4.69, 9.17) is 11.6 Å². The van der Waals surface area contributed by atoms with E-state index in [1.807, 2.05) is 34.5 Å². The van der Waals surface area contributed by atoms with Gasteiger partial charge in [0.2, 0.25) is 0 Å². The number of imidazole rings is 1. The van der Waals surface area contributed by atoms with Crippen molar-refractivity contribution < 1.29 is 4.79 Å². The Morgan fingerprint density at radius 2 is 2.21 bits per heavy atom. The van der Waals surface area contributed by atoms with Crippen molar-refractivity contribution in [2.45, 2.75) is 25.3 Å². The molecule has 1 amide bonds. The number of hydrogen-bond donors (Lipinski definition) is 2. The third kappa shape index (κ3) is 4.10. The van der Waals surface area contributed by atoms with Crippen molar-refractivity contribution in [2.24, 2.45) is 0 Å². The minimum Gasteiger partial charge on any atom is -0.367 e. The molecule has 0 unspecified atom stereocenters. The number of hydrogen-bond acceptors (Lipinski definition) is 5. The molecule has 0 saturated heterocycles. The molecule has 2 N–H and O–H groups in total. The second-order valence-corrected chi connectivity index (χ2v) is 8.22. The van der Waals surface area contributed by atoms with Gasteiger partial charge in [0.15, 0.2) is 11.5 Å². The number of rotatable bonds is 8. The fourth-order valence-electron chi connectivity index (χ4n) is 3.03. The Hall–Kier alpha value is -2.25. The maximum atomic E-state index is 12.3. The molecule has 1 fully saturated rings. The highest BCUT2D eigenvalue weighted by Crippen LogP contribution is 2.28. The third-order valence-electron chi connectivity index (χ3n) is 4.67. The van der Waals surface area contributed by atoms with Crippen LogP contribution in [0.15, 0.2) is 36.8 Å². The summed E-state index contributed by atoms with van der Waals surface area (Å²) in [6, 6.07) is 5.80. The fourth-order valence-corrected chi connectivity index (χ4v) is 3.73. The Balaban J connectivity index is 1.58. The van der Waals surface area contributed by atoms with Crippen LogP contribution in [0, 0.1) is 0 Å². The fraction of sp³-hybridized carbons (Fsp3) is 0.350. The maximum Gasteiger partial charge on any atom is 0.253 e. The smallest absolute Gasteiger partial charge is 0.253 e. The summed E-state index contributed by atoms with van der Waals surface area (Å²) in [6.45, 7) is 0.854. The van der Waals surface area contributed by atoms with Gasteiger partial charge in [0, 0.05) is 30.5 Å². The quantitative estimate of drug-likeness (QED) is 0.542. The van der Waals surface area contributed by atoms with Crippen LogP contribution in [0.2, 0.25) is 5.02 Å². The van der Waals surface area contributed by atoms with E-state index in [1.54, 1.807) is 18.5 Å². The van der Waals surface area contributed by atoms with Crippen molar-refractivity contribution >= 4 is 40.7 Å². The minimum absolute atomic E-state index is 0.113. The van der Waals surface area contributed by atoms with Gasteiger partial charge in [-0.2, -0.15) is 11.8 Å².